The Kier molecular flexibility index (Phi) is 5.25. The second-order valence-electron chi connectivity index (χ2n) is 7.31. The number of carbonyl (C=O) groups excluding carboxylic acids is 1. The molecule has 0 radical (unpaired) electrons. The van der Waals surface area contributed by atoms with Gasteiger partial charge in [-0.25, -0.2) is 0 Å². The topological polar surface area (TPSA) is 64.8 Å². The van der Waals surface area contributed by atoms with Crippen LogP contribution in [0.3, 0.4) is 0 Å². The fourth-order valence-corrected chi connectivity index (χ4v) is 3.52. The van der Waals surface area contributed by atoms with Gasteiger partial charge in [-0.1, -0.05) is 26.0 Å². The van der Waals surface area contributed by atoms with Crippen molar-refractivity contribution in [1.82, 2.24) is 4.90 Å². The highest BCUT2D eigenvalue weighted by molar-refractivity contribution is 5.88. The highest BCUT2D eigenvalue weighted by Gasteiger charge is 2.63. The van der Waals surface area contributed by atoms with Crippen molar-refractivity contribution in [3.8, 4) is 5.75 Å². The molecule has 1 aromatic rings. The number of ether oxygens (including phenoxy) is 2. The van der Waals surface area contributed by atoms with Gasteiger partial charge in [-0.15, -0.1) is 0 Å². The van der Waals surface area contributed by atoms with Gasteiger partial charge in [0.1, 0.15) is 11.3 Å². The van der Waals surface area contributed by atoms with Crippen LogP contribution in [0, 0.1) is 12.3 Å². The van der Waals surface area contributed by atoms with Crippen LogP contribution < -0.4 is 10.5 Å². The number of carbonyl (C=O) groups is 1. The number of aryl methyl sites for hydroxylation is 1. The lowest BCUT2D eigenvalue weighted by molar-refractivity contribution is -0.178. The molecule has 1 fully saturated rings. The fraction of sp³-hybridized carbons (Fsp3) is 0.632. The van der Waals surface area contributed by atoms with Crippen LogP contribution in [0.4, 0.5) is 0 Å². The second kappa shape index (κ2) is 6.73. The van der Waals surface area contributed by atoms with E-state index in [2.05, 4.69) is 0 Å². The summed E-state index contributed by atoms with van der Waals surface area (Å²) in [6.45, 7) is 9.15. The lowest BCUT2D eigenvalue weighted by atomic mass is 9.54. The molecule has 2 unspecified atom stereocenters. The first-order valence-electron chi connectivity index (χ1n) is 8.47. The van der Waals surface area contributed by atoms with E-state index in [-0.39, 0.29) is 17.4 Å². The first-order chi connectivity index (χ1) is 11.2. The van der Waals surface area contributed by atoms with Crippen LogP contribution in [0.5, 0.6) is 5.75 Å². The van der Waals surface area contributed by atoms with Crippen molar-refractivity contribution in [2.45, 2.75) is 52.3 Å². The van der Waals surface area contributed by atoms with E-state index in [0.29, 0.717) is 19.6 Å². The van der Waals surface area contributed by atoms with Crippen LogP contribution >= 0.6 is 0 Å². The molecular formula is C19H30N2O3. The van der Waals surface area contributed by atoms with E-state index in [1.54, 1.807) is 19.1 Å². The van der Waals surface area contributed by atoms with Crippen LogP contribution in [0.25, 0.3) is 0 Å². The molecule has 0 spiro atoms. The lowest BCUT2D eigenvalue weighted by Gasteiger charge is -2.58. The summed E-state index contributed by atoms with van der Waals surface area (Å²) in [6, 6.07) is 5.95. The first kappa shape index (κ1) is 18.7. The van der Waals surface area contributed by atoms with Crippen molar-refractivity contribution in [2.75, 3.05) is 20.8 Å². The SMILES string of the molecule is CCOC1CC(N)(C(=O)N(C)Cc2ccc(OC)c(C)c2)C1(C)C. The summed E-state index contributed by atoms with van der Waals surface area (Å²) in [5, 5.41) is 0. The largest absolute Gasteiger partial charge is 0.496 e. The maximum atomic E-state index is 12.9. The van der Waals surface area contributed by atoms with Crippen LogP contribution in [-0.2, 0) is 16.1 Å². The van der Waals surface area contributed by atoms with Gasteiger partial charge in [0, 0.05) is 32.0 Å². The van der Waals surface area contributed by atoms with Gasteiger partial charge in [0.15, 0.2) is 0 Å². The van der Waals surface area contributed by atoms with Gasteiger partial charge in [-0.3, -0.25) is 4.79 Å². The highest BCUT2D eigenvalue weighted by atomic mass is 16.5. The monoisotopic (exact) mass is 334 g/mol. The molecule has 1 saturated carbocycles. The number of amides is 1. The molecule has 0 heterocycles. The Morgan fingerprint density at radius 2 is 2.08 bits per heavy atom. The summed E-state index contributed by atoms with van der Waals surface area (Å²) < 4.78 is 11.0. The number of hydrogen-bond acceptors (Lipinski definition) is 4. The minimum atomic E-state index is -0.872. The van der Waals surface area contributed by atoms with Crippen LogP contribution in [-0.4, -0.2) is 43.2 Å². The number of hydrogen-bond donors (Lipinski definition) is 1. The third-order valence-electron chi connectivity index (χ3n) is 5.44. The smallest absolute Gasteiger partial charge is 0.243 e. The van der Waals surface area contributed by atoms with Gasteiger partial charge < -0.3 is 20.1 Å². The fourth-order valence-electron chi connectivity index (χ4n) is 3.52. The third-order valence-corrected chi connectivity index (χ3v) is 5.44. The standard InChI is InChI=1S/C19H30N2O3/c1-7-24-16-11-19(20,18(16,3)4)17(22)21(5)12-14-8-9-15(23-6)13(2)10-14/h8-10,16H,7,11-12,20H2,1-6H3. The van der Waals surface area contributed by atoms with Crippen molar-refractivity contribution < 1.29 is 14.3 Å². The Hall–Kier alpha value is -1.59. The summed E-state index contributed by atoms with van der Waals surface area (Å²) in [6.07, 6.45) is 0.603. The molecule has 0 bridgehead atoms. The van der Waals surface area contributed by atoms with Crippen LogP contribution in [0.15, 0.2) is 18.2 Å². The Balaban J connectivity index is 2.09. The van der Waals surface area contributed by atoms with E-state index >= 15 is 0 Å². The van der Waals surface area contributed by atoms with Crippen molar-refractivity contribution >= 4 is 5.91 Å². The van der Waals surface area contributed by atoms with Gasteiger partial charge in [0.05, 0.1) is 13.2 Å². The van der Waals surface area contributed by atoms with E-state index in [1.165, 1.54) is 0 Å². The maximum Gasteiger partial charge on any atom is 0.243 e. The summed E-state index contributed by atoms with van der Waals surface area (Å²) in [4.78, 5) is 14.7. The Labute approximate surface area is 145 Å². The Morgan fingerprint density at radius 1 is 1.42 bits per heavy atom. The van der Waals surface area contributed by atoms with Crippen LogP contribution in [0.2, 0.25) is 0 Å². The predicted octanol–water partition coefficient (Wildman–Crippen LogP) is 2.49. The first-order valence-corrected chi connectivity index (χ1v) is 8.47. The molecule has 2 atom stereocenters. The quantitative estimate of drug-likeness (QED) is 0.868. The number of nitrogens with zero attached hydrogens (tertiary/aromatic N) is 1. The maximum absolute atomic E-state index is 12.9. The zero-order valence-corrected chi connectivity index (χ0v) is 15.7. The number of methoxy groups -OCH3 is 1. The number of benzene rings is 1. The molecule has 1 amide bonds. The normalized spacial score (nSPS) is 25.0. The average Bonchev–Trinajstić information content (AvgIpc) is 2.53. The van der Waals surface area contributed by atoms with E-state index in [1.807, 2.05) is 45.9 Å². The molecule has 0 saturated heterocycles. The molecule has 0 aromatic heterocycles. The summed E-state index contributed by atoms with van der Waals surface area (Å²) in [5.74, 6) is 0.819. The van der Waals surface area contributed by atoms with Gasteiger partial charge in [0.25, 0.3) is 0 Å². The molecule has 5 nitrogen and oxygen atoms in total. The van der Waals surface area contributed by atoms with Gasteiger partial charge in [-0.2, -0.15) is 0 Å². The molecule has 24 heavy (non-hydrogen) atoms. The van der Waals surface area contributed by atoms with Gasteiger partial charge in [0.2, 0.25) is 5.91 Å². The molecule has 1 aromatic carbocycles. The average molecular weight is 334 g/mol. The zero-order chi connectivity index (χ0) is 18.1. The lowest BCUT2D eigenvalue weighted by Crippen LogP contribution is -2.75. The molecule has 2 N–H and O–H groups in total. The predicted molar refractivity (Wildman–Crippen MR) is 94.9 cm³/mol. The Morgan fingerprint density at radius 3 is 2.58 bits per heavy atom. The number of likely N-dealkylation sites (N-methyl/N-ethyl adjacent to an activating group) is 1. The van der Waals surface area contributed by atoms with E-state index < -0.39 is 5.54 Å². The van der Waals surface area contributed by atoms with Crippen LogP contribution in [0.1, 0.15) is 38.3 Å². The molecule has 5 heteroatoms. The second-order valence-corrected chi connectivity index (χ2v) is 7.31. The molecule has 2 rings (SSSR count). The van der Waals surface area contributed by atoms with Crippen molar-refractivity contribution in [3.05, 3.63) is 29.3 Å². The molecule has 1 aliphatic rings. The zero-order valence-electron chi connectivity index (χ0n) is 15.7. The minimum Gasteiger partial charge on any atom is -0.496 e. The number of nitrogens with two attached hydrogens (primary N) is 1. The molecule has 134 valence electrons. The summed E-state index contributed by atoms with van der Waals surface area (Å²) >= 11 is 0. The third kappa shape index (κ3) is 3.03. The van der Waals surface area contributed by atoms with Gasteiger partial charge >= 0.3 is 0 Å². The van der Waals surface area contributed by atoms with Crippen molar-refractivity contribution in [1.29, 1.82) is 0 Å². The highest BCUT2D eigenvalue weighted by Crippen LogP contribution is 2.50. The molecule has 0 aliphatic heterocycles. The van der Waals surface area contributed by atoms with Crippen molar-refractivity contribution in [3.63, 3.8) is 0 Å². The van der Waals surface area contributed by atoms with E-state index in [0.717, 1.165) is 16.9 Å². The Bertz CT molecular complexity index is 615. The minimum absolute atomic E-state index is 0.0306. The summed E-state index contributed by atoms with van der Waals surface area (Å²) in [5.41, 5.74) is 7.36. The molecular weight excluding hydrogens is 304 g/mol. The van der Waals surface area contributed by atoms with E-state index in [9.17, 15) is 4.79 Å². The summed E-state index contributed by atoms with van der Waals surface area (Å²) in [7, 11) is 3.46. The van der Waals surface area contributed by atoms with E-state index in [4.69, 9.17) is 15.2 Å². The van der Waals surface area contributed by atoms with Crippen molar-refractivity contribution in [2.24, 2.45) is 11.1 Å². The number of rotatable bonds is 6. The van der Waals surface area contributed by atoms with Gasteiger partial charge in [-0.05, 0) is 31.0 Å². The molecule has 1 aliphatic carbocycles.